The van der Waals surface area contributed by atoms with Gasteiger partial charge in [0.1, 0.15) is 16.4 Å². The molecular weight excluding hydrogens is 404 g/mol. The Hall–Kier alpha value is -2.99. The summed E-state index contributed by atoms with van der Waals surface area (Å²) in [5, 5.41) is 3.02. The van der Waals surface area contributed by atoms with E-state index in [0.29, 0.717) is 28.6 Å². The summed E-state index contributed by atoms with van der Waals surface area (Å²) in [4.78, 5) is 41.6. The molecule has 1 atom stereocenters. The summed E-state index contributed by atoms with van der Waals surface area (Å²) in [7, 11) is 2.10. The fraction of sp³-hybridized carbons (Fsp3) is 0.444. The number of piperazine rings is 1. The summed E-state index contributed by atoms with van der Waals surface area (Å²) >= 11 is 1.31. The summed E-state index contributed by atoms with van der Waals surface area (Å²) < 4.78 is 0. The number of nitrogen functional groups attached to an aromatic ring is 1. The lowest BCUT2D eigenvalue weighted by Gasteiger charge is -2.33. The van der Waals surface area contributed by atoms with Crippen LogP contribution in [-0.2, 0) is 4.79 Å². The first-order valence-electron chi connectivity index (χ1n) is 9.74. The number of nitrogens with two attached hydrogens (primary N) is 1. The molecule has 1 amide bonds. The molecule has 1 fully saturated rings. The first-order valence-corrected chi connectivity index (χ1v) is 10.6. The van der Waals surface area contributed by atoms with Crippen LogP contribution < -0.4 is 16.0 Å². The van der Waals surface area contributed by atoms with Crippen LogP contribution in [0.15, 0.2) is 23.6 Å². The fourth-order valence-electron chi connectivity index (χ4n) is 3.18. The minimum atomic E-state index is -0.401. The molecule has 4 heterocycles. The number of nitrogens with one attached hydrogen (secondary N) is 2. The number of anilines is 3. The molecule has 0 aliphatic carbocycles. The molecule has 0 radical (unpaired) electrons. The van der Waals surface area contributed by atoms with Gasteiger partial charge in [0.25, 0.3) is 0 Å². The number of carbonyl (C=O) groups is 1. The highest BCUT2D eigenvalue weighted by Gasteiger charge is 2.23. The number of nitrogens with zero attached hydrogens (tertiary/aromatic N) is 7. The molecule has 0 bridgehead atoms. The van der Waals surface area contributed by atoms with Gasteiger partial charge in [-0.15, -0.1) is 0 Å². The molecule has 1 saturated heterocycles. The van der Waals surface area contributed by atoms with E-state index in [1.54, 1.807) is 6.20 Å². The normalized spacial score (nSPS) is 16.0. The average molecular weight is 429 g/mol. The Morgan fingerprint density at radius 1 is 1.27 bits per heavy atom. The monoisotopic (exact) mass is 428 g/mol. The summed E-state index contributed by atoms with van der Waals surface area (Å²) in [5.41, 5.74) is 6.92. The van der Waals surface area contributed by atoms with Crippen LogP contribution in [0, 0.1) is 0 Å². The lowest BCUT2D eigenvalue weighted by Crippen LogP contribution is -2.44. The third kappa shape index (κ3) is 4.44. The smallest absolute Gasteiger partial charge is 0.240 e. The Labute approximate surface area is 177 Å². The first kappa shape index (κ1) is 20.3. The highest BCUT2D eigenvalue weighted by atomic mass is 32.2. The topological polar surface area (TPSA) is 142 Å². The molecule has 158 valence electrons. The summed E-state index contributed by atoms with van der Waals surface area (Å²) in [6.45, 7) is 5.68. The van der Waals surface area contributed by atoms with E-state index in [0.717, 1.165) is 32.0 Å². The van der Waals surface area contributed by atoms with E-state index in [2.05, 4.69) is 52.1 Å². The van der Waals surface area contributed by atoms with Crippen molar-refractivity contribution < 1.29 is 4.79 Å². The van der Waals surface area contributed by atoms with E-state index >= 15 is 0 Å². The Balaban J connectivity index is 1.47. The fourth-order valence-corrected chi connectivity index (χ4v) is 4.19. The van der Waals surface area contributed by atoms with Gasteiger partial charge in [0.15, 0.2) is 5.65 Å². The lowest BCUT2D eigenvalue weighted by atomic mass is 10.3. The predicted molar refractivity (Wildman–Crippen MR) is 116 cm³/mol. The molecule has 1 aliphatic rings. The lowest BCUT2D eigenvalue weighted by molar-refractivity contribution is -0.115. The van der Waals surface area contributed by atoms with E-state index in [9.17, 15) is 4.79 Å². The predicted octanol–water partition coefficient (Wildman–Crippen LogP) is 0.986. The number of hydrogen-bond acceptors (Lipinski definition) is 10. The number of rotatable bonds is 6. The van der Waals surface area contributed by atoms with Crippen LogP contribution in [0.1, 0.15) is 13.3 Å². The maximum absolute atomic E-state index is 12.9. The third-order valence-electron chi connectivity index (χ3n) is 4.89. The average Bonchev–Trinajstić information content (AvgIpc) is 3.21. The Bertz CT molecular complexity index is 1030. The van der Waals surface area contributed by atoms with Crippen LogP contribution in [0.5, 0.6) is 0 Å². The standard InChI is InChI=1S/C18H24N10OS/c1-3-11(30-16-13-14(22-10-21-13)24-17(19)26-16)15(29)25-18-20-5-4-12(23-18)28-8-6-27(2)7-9-28/h4-5,10-11H,3,6-9H2,1-2H3,(H,20,23,25,29)(H3,19,21,22,24,26)/t11-/m1/s1. The van der Waals surface area contributed by atoms with E-state index in [-0.39, 0.29) is 11.9 Å². The molecule has 3 aromatic rings. The van der Waals surface area contributed by atoms with Gasteiger partial charge in [-0.25, -0.2) is 15.0 Å². The van der Waals surface area contributed by atoms with Gasteiger partial charge in [-0.05, 0) is 19.5 Å². The van der Waals surface area contributed by atoms with Crippen molar-refractivity contribution in [3.63, 3.8) is 0 Å². The number of imidazole rings is 1. The minimum absolute atomic E-state index is 0.121. The molecule has 0 saturated carbocycles. The second-order valence-corrected chi connectivity index (χ2v) is 8.21. The molecule has 3 aromatic heterocycles. The van der Waals surface area contributed by atoms with E-state index in [4.69, 9.17) is 5.73 Å². The molecule has 0 aromatic carbocycles. The molecule has 4 rings (SSSR count). The van der Waals surface area contributed by atoms with Crippen molar-refractivity contribution >= 4 is 46.5 Å². The van der Waals surface area contributed by atoms with Crippen molar-refractivity contribution in [2.75, 3.05) is 49.2 Å². The van der Waals surface area contributed by atoms with Gasteiger partial charge in [0, 0.05) is 32.4 Å². The Kier molecular flexibility index (Phi) is 5.95. The zero-order chi connectivity index (χ0) is 21.1. The van der Waals surface area contributed by atoms with E-state index in [1.165, 1.54) is 18.1 Å². The van der Waals surface area contributed by atoms with Crippen LogP contribution in [0.4, 0.5) is 17.7 Å². The highest BCUT2D eigenvalue weighted by molar-refractivity contribution is 8.00. The van der Waals surface area contributed by atoms with E-state index < -0.39 is 5.25 Å². The number of likely N-dealkylation sites (N-methyl/N-ethyl adjacent to an activating group) is 1. The number of thioether (sulfide) groups is 1. The maximum Gasteiger partial charge on any atom is 0.240 e. The van der Waals surface area contributed by atoms with Crippen molar-refractivity contribution in [3.8, 4) is 0 Å². The number of H-pyrrole nitrogens is 1. The molecule has 30 heavy (non-hydrogen) atoms. The van der Waals surface area contributed by atoms with Gasteiger partial charge >= 0.3 is 0 Å². The van der Waals surface area contributed by atoms with Gasteiger partial charge in [-0.1, -0.05) is 18.7 Å². The second kappa shape index (κ2) is 8.79. The Morgan fingerprint density at radius 2 is 2.07 bits per heavy atom. The molecule has 11 nitrogen and oxygen atoms in total. The number of fused-ring (bicyclic) bond motifs is 1. The summed E-state index contributed by atoms with van der Waals surface area (Å²) in [6, 6.07) is 1.87. The van der Waals surface area contributed by atoms with Crippen molar-refractivity contribution in [2.24, 2.45) is 0 Å². The van der Waals surface area contributed by atoms with Crippen LogP contribution in [0.25, 0.3) is 11.2 Å². The van der Waals surface area contributed by atoms with Crippen LogP contribution in [0.2, 0.25) is 0 Å². The van der Waals surface area contributed by atoms with Crippen LogP contribution >= 0.6 is 11.8 Å². The second-order valence-electron chi connectivity index (χ2n) is 7.02. The third-order valence-corrected chi connectivity index (χ3v) is 6.24. The zero-order valence-electron chi connectivity index (χ0n) is 16.9. The Morgan fingerprint density at radius 3 is 2.83 bits per heavy atom. The van der Waals surface area contributed by atoms with Crippen molar-refractivity contribution in [1.29, 1.82) is 0 Å². The van der Waals surface area contributed by atoms with Gasteiger partial charge in [-0.2, -0.15) is 9.97 Å². The minimum Gasteiger partial charge on any atom is -0.368 e. The number of aromatic amines is 1. The molecular formula is C18H24N10OS. The van der Waals surface area contributed by atoms with Gasteiger partial charge in [0.2, 0.25) is 17.8 Å². The van der Waals surface area contributed by atoms with Crippen molar-refractivity contribution in [1.82, 2.24) is 34.8 Å². The van der Waals surface area contributed by atoms with Gasteiger partial charge < -0.3 is 20.5 Å². The van der Waals surface area contributed by atoms with Gasteiger partial charge in [0.05, 0.1) is 11.6 Å². The van der Waals surface area contributed by atoms with Gasteiger partial charge in [-0.3, -0.25) is 10.1 Å². The van der Waals surface area contributed by atoms with Crippen molar-refractivity contribution in [2.45, 2.75) is 23.6 Å². The molecule has 4 N–H and O–H groups in total. The quantitative estimate of drug-likeness (QED) is 0.384. The number of carbonyl (C=O) groups excluding carboxylic acids is 1. The maximum atomic E-state index is 12.9. The highest BCUT2D eigenvalue weighted by Crippen LogP contribution is 2.29. The van der Waals surface area contributed by atoms with Crippen molar-refractivity contribution in [3.05, 3.63) is 18.6 Å². The number of aromatic nitrogens is 6. The summed E-state index contributed by atoms with van der Waals surface area (Å²) in [5.74, 6) is 1.04. The molecule has 0 unspecified atom stereocenters. The number of hydrogen-bond donors (Lipinski definition) is 3. The zero-order valence-corrected chi connectivity index (χ0v) is 17.7. The molecule has 12 heteroatoms. The first-order chi connectivity index (χ1) is 14.5. The summed E-state index contributed by atoms with van der Waals surface area (Å²) in [6.07, 6.45) is 3.79. The van der Waals surface area contributed by atoms with Crippen LogP contribution in [-0.4, -0.2) is 79.2 Å². The molecule has 1 aliphatic heterocycles. The number of amides is 1. The van der Waals surface area contributed by atoms with E-state index in [1.807, 2.05) is 13.0 Å². The SMILES string of the molecule is CC[C@@H](Sc1nc(N)nc2nc[nH]c12)C(=O)Nc1nccc(N2CCN(C)CC2)n1. The molecule has 0 spiro atoms. The van der Waals surface area contributed by atoms with Crippen LogP contribution in [0.3, 0.4) is 0 Å². The largest absolute Gasteiger partial charge is 0.368 e.